The SMILES string of the molecule is Cc1nn(C)cc1CNc1cc(C#N)ccc1N. The summed E-state index contributed by atoms with van der Waals surface area (Å²) in [6.07, 6.45) is 1.96. The maximum Gasteiger partial charge on any atom is 0.0992 e. The van der Waals surface area contributed by atoms with E-state index in [4.69, 9.17) is 11.0 Å². The molecule has 5 heteroatoms. The standard InChI is InChI=1S/C13H15N5/c1-9-11(8-18(2)17-9)7-16-13-5-10(6-14)3-4-12(13)15/h3-5,8,16H,7,15H2,1-2H3. The number of aryl methyl sites for hydroxylation is 2. The molecule has 0 saturated heterocycles. The van der Waals surface area contributed by atoms with Crippen LogP contribution in [-0.2, 0) is 13.6 Å². The molecule has 0 spiro atoms. The van der Waals surface area contributed by atoms with E-state index >= 15 is 0 Å². The molecule has 3 N–H and O–H groups in total. The lowest BCUT2D eigenvalue weighted by atomic mass is 10.2. The van der Waals surface area contributed by atoms with Crippen LogP contribution in [0.1, 0.15) is 16.8 Å². The summed E-state index contributed by atoms with van der Waals surface area (Å²) in [7, 11) is 1.89. The highest BCUT2D eigenvalue weighted by Gasteiger charge is 2.05. The van der Waals surface area contributed by atoms with Crippen LogP contribution in [0.4, 0.5) is 11.4 Å². The third-order valence-electron chi connectivity index (χ3n) is 2.77. The first-order valence-corrected chi connectivity index (χ1v) is 5.63. The van der Waals surface area contributed by atoms with E-state index in [0.717, 1.165) is 16.9 Å². The monoisotopic (exact) mass is 241 g/mol. The Kier molecular flexibility index (Phi) is 3.20. The molecule has 0 unspecified atom stereocenters. The number of aromatic nitrogens is 2. The Morgan fingerprint density at radius 3 is 2.89 bits per heavy atom. The van der Waals surface area contributed by atoms with Crippen molar-refractivity contribution in [3.05, 3.63) is 41.2 Å². The Hall–Kier alpha value is -2.48. The van der Waals surface area contributed by atoms with Gasteiger partial charge in [-0.15, -0.1) is 0 Å². The van der Waals surface area contributed by atoms with Crippen molar-refractivity contribution in [1.29, 1.82) is 5.26 Å². The molecule has 18 heavy (non-hydrogen) atoms. The van der Waals surface area contributed by atoms with Gasteiger partial charge in [0.15, 0.2) is 0 Å². The van der Waals surface area contributed by atoms with Gasteiger partial charge in [0.05, 0.1) is 28.7 Å². The van der Waals surface area contributed by atoms with Crippen LogP contribution in [0.3, 0.4) is 0 Å². The highest BCUT2D eigenvalue weighted by molar-refractivity contribution is 5.68. The van der Waals surface area contributed by atoms with E-state index in [1.165, 1.54) is 0 Å². The summed E-state index contributed by atoms with van der Waals surface area (Å²) in [5.74, 6) is 0. The largest absolute Gasteiger partial charge is 0.397 e. The van der Waals surface area contributed by atoms with E-state index in [2.05, 4.69) is 16.5 Å². The summed E-state index contributed by atoms with van der Waals surface area (Å²) in [5.41, 5.74) is 9.96. The number of hydrogen-bond acceptors (Lipinski definition) is 4. The van der Waals surface area contributed by atoms with Crippen LogP contribution in [0.15, 0.2) is 24.4 Å². The fraction of sp³-hybridized carbons (Fsp3) is 0.231. The summed E-state index contributed by atoms with van der Waals surface area (Å²) in [5, 5.41) is 16.4. The molecular weight excluding hydrogens is 226 g/mol. The Labute approximate surface area is 106 Å². The molecule has 0 aliphatic carbocycles. The minimum atomic E-state index is 0.592. The van der Waals surface area contributed by atoms with Crippen LogP contribution in [0, 0.1) is 18.3 Å². The number of rotatable bonds is 3. The fourth-order valence-electron chi connectivity index (χ4n) is 1.79. The number of nitriles is 1. The van der Waals surface area contributed by atoms with Crippen molar-refractivity contribution in [1.82, 2.24) is 9.78 Å². The van der Waals surface area contributed by atoms with E-state index in [9.17, 15) is 0 Å². The molecule has 0 atom stereocenters. The number of nitrogens with two attached hydrogens (primary N) is 1. The molecule has 0 amide bonds. The molecule has 0 aliphatic heterocycles. The third kappa shape index (κ3) is 2.43. The van der Waals surface area contributed by atoms with Gasteiger partial charge in [0.1, 0.15) is 0 Å². The van der Waals surface area contributed by atoms with Crippen molar-refractivity contribution < 1.29 is 0 Å². The Morgan fingerprint density at radius 2 is 2.28 bits per heavy atom. The summed E-state index contributed by atoms with van der Waals surface area (Å²) >= 11 is 0. The molecule has 0 radical (unpaired) electrons. The predicted octanol–water partition coefficient (Wildman–Crippen LogP) is 1.79. The minimum Gasteiger partial charge on any atom is -0.397 e. The van der Waals surface area contributed by atoms with Crippen molar-refractivity contribution in [2.75, 3.05) is 11.1 Å². The zero-order chi connectivity index (χ0) is 13.1. The van der Waals surface area contributed by atoms with E-state index in [0.29, 0.717) is 17.8 Å². The van der Waals surface area contributed by atoms with Gasteiger partial charge in [0.2, 0.25) is 0 Å². The molecule has 2 aromatic rings. The zero-order valence-corrected chi connectivity index (χ0v) is 10.4. The topological polar surface area (TPSA) is 79.7 Å². The van der Waals surface area contributed by atoms with Crippen molar-refractivity contribution in [2.24, 2.45) is 7.05 Å². The smallest absolute Gasteiger partial charge is 0.0992 e. The van der Waals surface area contributed by atoms with Crippen LogP contribution >= 0.6 is 0 Å². The average Bonchev–Trinajstić information content (AvgIpc) is 2.67. The highest BCUT2D eigenvalue weighted by Crippen LogP contribution is 2.20. The maximum atomic E-state index is 8.85. The molecule has 2 rings (SSSR count). The van der Waals surface area contributed by atoms with Crippen molar-refractivity contribution in [3.8, 4) is 6.07 Å². The molecular formula is C13H15N5. The van der Waals surface area contributed by atoms with Gasteiger partial charge in [-0.05, 0) is 25.1 Å². The second-order valence-corrected chi connectivity index (χ2v) is 4.18. The van der Waals surface area contributed by atoms with Crippen molar-refractivity contribution in [2.45, 2.75) is 13.5 Å². The van der Waals surface area contributed by atoms with E-state index in [-0.39, 0.29) is 0 Å². The van der Waals surface area contributed by atoms with Crippen LogP contribution in [-0.4, -0.2) is 9.78 Å². The Bertz CT molecular complexity index is 606. The van der Waals surface area contributed by atoms with Gasteiger partial charge in [0, 0.05) is 25.4 Å². The molecule has 92 valence electrons. The summed E-state index contributed by atoms with van der Waals surface area (Å²) in [6.45, 7) is 2.60. The molecule has 0 aliphatic rings. The van der Waals surface area contributed by atoms with Gasteiger partial charge in [-0.3, -0.25) is 4.68 Å². The van der Waals surface area contributed by atoms with Crippen molar-refractivity contribution >= 4 is 11.4 Å². The number of nitrogens with one attached hydrogen (secondary N) is 1. The molecule has 0 fully saturated rings. The quantitative estimate of drug-likeness (QED) is 0.803. The molecule has 1 aromatic heterocycles. The Morgan fingerprint density at radius 1 is 1.50 bits per heavy atom. The van der Waals surface area contributed by atoms with E-state index in [1.54, 1.807) is 22.9 Å². The molecule has 1 heterocycles. The minimum absolute atomic E-state index is 0.592. The van der Waals surface area contributed by atoms with Crippen molar-refractivity contribution in [3.63, 3.8) is 0 Å². The number of benzene rings is 1. The second kappa shape index (κ2) is 4.80. The molecule has 1 aromatic carbocycles. The Balaban J connectivity index is 2.15. The van der Waals surface area contributed by atoms with Gasteiger partial charge in [-0.2, -0.15) is 10.4 Å². The van der Waals surface area contributed by atoms with Gasteiger partial charge < -0.3 is 11.1 Å². The van der Waals surface area contributed by atoms with Gasteiger partial charge in [-0.25, -0.2) is 0 Å². The maximum absolute atomic E-state index is 8.85. The normalized spacial score (nSPS) is 10.1. The fourth-order valence-corrected chi connectivity index (χ4v) is 1.79. The first-order valence-electron chi connectivity index (χ1n) is 5.63. The van der Waals surface area contributed by atoms with E-state index in [1.807, 2.05) is 20.2 Å². The first-order chi connectivity index (χ1) is 8.60. The number of nitrogens with zero attached hydrogens (tertiary/aromatic N) is 3. The second-order valence-electron chi connectivity index (χ2n) is 4.18. The van der Waals surface area contributed by atoms with Crippen LogP contribution in [0.25, 0.3) is 0 Å². The first kappa shape index (κ1) is 12.0. The third-order valence-corrected chi connectivity index (χ3v) is 2.77. The number of anilines is 2. The van der Waals surface area contributed by atoms with Crippen LogP contribution in [0.5, 0.6) is 0 Å². The van der Waals surface area contributed by atoms with E-state index < -0.39 is 0 Å². The lowest BCUT2D eigenvalue weighted by Gasteiger charge is -2.08. The van der Waals surface area contributed by atoms with Gasteiger partial charge >= 0.3 is 0 Å². The van der Waals surface area contributed by atoms with Crippen LogP contribution in [0.2, 0.25) is 0 Å². The average molecular weight is 241 g/mol. The predicted molar refractivity (Wildman–Crippen MR) is 70.8 cm³/mol. The molecule has 5 nitrogen and oxygen atoms in total. The molecule has 0 saturated carbocycles. The summed E-state index contributed by atoms with van der Waals surface area (Å²) in [4.78, 5) is 0. The summed E-state index contributed by atoms with van der Waals surface area (Å²) in [6, 6.07) is 7.28. The lowest BCUT2D eigenvalue weighted by Crippen LogP contribution is -2.03. The van der Waals surface area contributed by atoms with Crippen LogP contribution < -0.4 is 11.1 Å². The molecule has 0 bridgehead atoms. The van der Waals surface area contributed by atoms with Gasteiger partial charge in [0.25, 0.3) is 0 Å². The number of nitrogen functional groups attached to an aromatic ring is 1. The number of hydrogen-bond donors (Lipinski definition) is 2. The lowest BCUT2D eigenvalue weighted by molar-refractivity contribution is 0.756. The zero-order valence-electron chi connectivity index (χ0n) is 10.4. The highest BCUT2D eigenvalue weighted by atomic mass is 15.2. The summed E-state index contributed by atoms with van der Waals surface area (Å²) < 4.78 is 1.78. The van der Waals surface area contributed by atoms with Gasteiger partial charge in [-0.1, -0.05) is 0 Å².